The van der Waals surface area contributed by atoms with Crippen LogP contribution in [0.15, 0.2) is 18.2 Å². The molecule has 2 atom stereocenters. The standard InChI is InChI=1S/C17H25N3O/c1-12-11-13(6-7-14(12)18-2)17(21)19-15-8-10-20-9-4-3-5-16(15)20/h6-7,11,15-16,18H,3-5,8-10H2,1-2H3,(H,19,21). The van der Waals surface area contributed by atoms with Crippen LogP contribution in [0.2, 0.25) is 0 Å². The minimum absolute atomic E-state index is 0.0678. The van der Waals surface area contributed by atoms with E-state index in [1.165, 1.54) is 25.8 Å². The molecule has 2 saturated heterocycles. The Bertz CT molecular complexity index is 529. The molecule has 1 aromatic carbocycles. The highest BCUT2D eigenvalue weighted by Gasteiger charge is 2.36. The van der Waals surface area contributed by atoms with Crippen LogP contribution in [-0.4, -0.2) is 43.0 Å². The quantitative estimate of drug-likeness (QED) is 0.897. The third-order valence-electron chi connectivity index (χ3n) is 4.93. The van der Waals surface area contributed by atoms with Crippen LogP contribution >= 0.6 is 0 Å². The lowest BCUT2D eigenvalue weighted by Gasteiger charge is -2.32. The van der Waals surface area contributed by atoms with Gasteiger partial charge in [-0.2, -0.15) is 0 Å². The molecule has 2 aliphatic heterocycles. The maximum atomic E-state index is 12.5. The van der Waals surface area contributed by atoms with E-state index in [9.17, 15) is 4.79 Å². The van der Waals surface area contributed by atoms with Crippen LogP contribution in [-0.2, 0) is 0 Å². The number of benzene rings is 1. The van der Waals surface area contributed by atoms with E-state index < -0.39 is 0 Å². The number of carbonyl (C=O) groups is 1. The second-order valence-corrected chi connectivity index (χ2v) is 6.25. The Morgan fingerprint density at radius 2 is 2.10 bits per heavy atom. The first-order valence-corrected chi connectivity index (χ1v) is 8.02. The lowest BCUT2D eigenvalue weighted by atomic mass is 9.98. The minimum Gasteiger partial charge on any atom is -0.388 e. The van der Waals surface area contributed by atoms with E-state index in [4.69, 9.17) is 0 Å². The van der Waals surface area contributed by atoms with Gasteiger partial charge >= 0.3 is 0 Å². The Kier molecular flexibility index (Phi) is 4.15. The SMILES string of the molecule is CNc1ccc(C(=O)NC2CCN3CCCCC23)cc1C. The molecule has 2 heterocycles. The van der Waals surface area contributed by atoms with E-state index in [1.54, 1.807) is 0 Å². The van der Waals surface area contributed by atoms with Gasteiger partial charge in [-0.05, 0) is 56.5 Å². The summed E-state index contributed by atoms with van der Waals surface area (Å²) in [7, 11) is 1.90. The first kappa shape index (κ1) is 14.4. The Hall–Kier alpha value is -1.55. The van der Waals surface area contributed by atoms with E-state index in [2.05, 4.69) is 15.5 Å². The molecule has 1 aromatic rings. The van der Waals surface area contributed by atoms with Gasteiger partial charge in [-0.25, -0.2) is 0 Å². The fourth-order valence-corrected chi connectivity index (χ4v) is 3.75. The number of hydrogen-bond acceptors (Lipinski definition) is 3. The summed E-state index contributed by atoms with van der Waals surface area (Å²) in [5.41, 5.74) is 2.95. The molecule has 0 aliphatic carbocycles. The number of hydrogen-bond donors (Lipinski definition) is 2. The highest BCUT2D eigenvalue weighted by molar-refractivity contribution is 5.95. The highest BCUT2D eigenvalue weighted by atomic mass is 16.1. The molecule has 3 rings (SSSR count). The molecule has 2 aliphatic rings. The number of rotatable bonds is 3. The molecule has 114 valence electrons. The lowest BCUT2D eigenvalue weighted by molar-refractivity contribution is 0.0915. The predicted octanol–water partition coefficient (Wildman–Crippen LogP) is 2.39. The molecule has 2 unspecified atom stereocenters. The van der Waals surface area contributed by atoms with Crippen molar-refractivity contribution in [2.75, 3.05) is 25.5 Å². The Labute approximate surface area is 126 Å². The average molecular weight is 287 g/mol. The number of nitrogens with one attached hydrogen (secondary N) is 2. The summed E-state index contributed by atoms with van der Waals surface area (Å²) in [5, 5.41) is 6.39. The van der Waals surface area contributed by atoms with Crippen molar-refractivity contribution >= 4 is 11.6 Å². The van der Waals surface area contributed by atoms with Gasteiger partial charge in [-0.15, -0.1) is 0 Å². The van der Waals surface area contributed by atoms with Gasteiger partial charge < -0.3 is 10.6 Å². The largest absolute Gasteiger partial charge is 0.388 e. The molecule has 1 amide bonds. The van der Waals surface area contributed by atoms with E-state index in [0.717, 1.165) is 29.8 Å². The number of piperidine rings is 1. The summed E-state index contributed by atoms with van der Waals surface area (Å²) in [6.07, 6.45) is 4.91. The monoisotopic (exact) mass is 287 g/mol. The number of carbonyl (C=O) groups excluding carboxylic acids is 1. The van der Waals surface area contributed by atoms with Crippen LogP contribution in [0, 0.1) is 6.92 Å². The summed E-state index contributed by atoms with van der Waals surface area (Å²) >= 11 is 0. The van der Waals surface area contributed by atoms with Crippen molar-refractivity contribution in [3.05, 3.63) is 29.3 Å². The van der Waals surface area contributed by atoms with E-state index in [-0.39, 0.29) is 5.91 Å². The molecule has 0 bridgehead atoms. The van der Waals surface area contributed by atoms with Crippen LogP contribution in [0.5, 0.6) is 0 Å². The molecule has 0 radical (unpaired) electrons. The number of anilines is 1. The van der Waals surface area contributed by atoms with Gasteiger partial charge in [0.1, 0.15) is 0 Å². The third kappa shape index (κ3) is 2.91. The number of nitrogens with zero attached hydrogens (tertiary/aromatic N) is 1. The smallest absolute Gasteiger partial charge is 0.251 e. The van der Waals surface area contributed by atoms with Gasteiger partial charge in [0.25, 0.3) is 5.91 Å². The van der Waals surface area contributed by atoms with Crippen molar-refractivity contribution in [2.24, 2.45) is 0 Å². The molecule has 2 N–H and O–H groups in total. The second kappa shape index (κ2) is 6.06. The molecule has 4 nitrogen and oxygen atoms in total. The normalized spacial score (nSPS) is 25.4. The Morgan fingerprint density at radius 1 is 1.24 bits per heavy atom. The zero-order valence-electron chi connectivity index (χ0n) is 13.0. The summed E-state index contributed by atoms with van der Waals surface area (Å²) in [6, 6.07) is 6.73. The van der Waals surface area contributed by atoms with E-state index in [0.29, 0.717) is 12.1 Å². The van der Waals surface area contributed by atoms with Crippen molar-refractivity contribution < 1.29 is 4.79 Å². The molecule has 0 spiro atoms. The van der Waals surface area contributed by atoms with Gasteiger partial charge in [-0.1, -0.05) is 6.42 Å². The van der Waals surface area contributed by atoms with Crippen molar-refractivity contribution in [3.63, 3.8) is 0 Å². The van der Waals surface area contributed by atoms with Crippen LogP contribution in [0.3, 0.4) is 0 Å². The predicted molar refractivity (Wildman–Crippen MR) is 85.8 cm³/mol. The fraction of sp³-hybridized carbons (Fsp3) is 0.588. The molecular weight excluding hydrogens is 262 g/mol. The van der Waals surface area contributed by atoms with Gasteiger partial charge in [0.05, 0.1) is 0 Å². The van der Waals surface area contributed by atoms with Gasteiger partial charge in [0.2, 0.25) is 0 Å². The van der Waals surface area contributed by atoms with Crippen molar-refractivity contribution in [1.82, 2.24) is 10.2 Å². The number of fused-ring (bicyclic) bond motifs is 1. The van der Waals surface area contributed by atoms with Gasteiger partial charge in [0, 0.05) is 36.9 Å². The molecule has 2 fully saturated rings. The number of amides is 1. The third-order valence-corrected chi connectivity index (χ3v) is 4.93. The van der Waals surface area contributed by atoms with Crippen LogP contribution in [0.25, 0.3) is 0 Å². The zero-order valence-corrected chi connectivity index (χ0v) is 13.0. The minimum atomic E-state index is 0.0678. The maximum Gasteiger partial charge on any atom is 0.251 e. The maximum absolute atomic E-state index is 12.5. The molecule has 21 heavy (non-hydrogen) atoms. The van der Waals surface area contributed by atoms with Crippen LogP contribution < -0.4 is 10.6 Å². The topological polar surface area (TPSA) is 44.4 Å². The molecule has 0 saturated carbocycles. The molecule has 0 aromatic heterocycles. The average Bonchev–Trinajstić information content (AvgIpc) is 2.90. The summed E-state index contributed by atoms with van der Waals surface area (Å²) < 4.78 is 0. The van der Waals surface area contributed by atoms with E-state index >= 15 is 0 Å². The highest BCUT2D eigenvalue weighted by Crippen LogP contribution is 2.27. The van der Waals surface area contributed by atoms with Crippen molar-refractivity contribution in [1.29, 1.82) is 0 Å². The van der Waals surface area contributed by atoms with Crippen molar-refractivity contribution in [3.8, 4) is 0 Å². The lowest BCUT2D eigenvalue weighted by Crippen LogP contribution is -2.46. The Morgan fingerprint density at radius 3 is 2.86 bits per heavy atom. The molecule has 4 heteroatoms. The first-order valence-electron chi connectivity index (χ1n) is 8.02. The van der Waals surface area contributed by atoms with Crippen molar-refractivity contribution in [2.45, 2.75) is 44.7 Å². The summed E-state index contributed by atoms with van der Waals surface area (Å²) in [4.78, 5) is 15.0. The first-order chi connectivity index (χ1) is 10.2. The molecular formula is C17H25N3O. The van der Waals surface area contributed by atoms with Gasteiger partial charge in [0.15, 0.2) is 0 Å². The summed E-state index contributed by atoms with van der Waals surface area (Å²) in [6.45, 7) is 4.36. The van der Waals surface area contributed by atoms with Gasteiger partial charge in [-0.3, -0.25) is 9.69 Å². The zero-order chi connectivity index (χ0) is 14.8. The van der Waals surface area contributed by atoms with Crippen LogP contribution in [0.1, 0.15) is 41.6 Å². The second-order valence-electron chi connectivity index (χ2n) is 6.25. The number of aryl methyl sites for hydroxylation is 1. The summed E-state index contributed by atoms with van der Waals surface area (Å²) in [5.74, 6) is 0.0678. The Balaban J connectivity index is 1.67. The van der Waals surface area contributed by atoms with E-state index in [1.807, 2.05) is 32.2 Å². The fourth-order valence-electron chi connectivity index (χ4n) is 3.75. The van der Waals surface area contributed by atoms with Crippen LogP contribution in [0.4, 0.5) is 5.69 Å².